The minimum Gasteiger partial charge on any atom is -0.354 e. The maximum atomic E-state index is 13.2. The van der Waals surface area contributed by atoms with Crippen LogP contribution in [0.5, 0.6) is 0 Å². The number of nitrogens with zero attached hydrogens (tertiary/aromatic N) is 5. The number of rotatable bonds is 5. The third-order valence-corrected chi connectivity index (χ3v) is 8.34. The van der Waals surface area contributed by atoms with Gasteiger partial charge in [0.1, 0.15) is 5.82 Å². The Morgan fingerprint density at radius 1 is 0.667 bits per heavy atom. The third kappa shape index (κ3) is 4.72. The summed E-state index contributed by atoms with van der Waals surface area (Å²) in [4.78, 5) is 14.0. The van der Waals surface area contributed by atoms with Crippen LogP contribution in [0, 0.1) is 0 Å². The molecule has 0 spiro atoms. The van der Waals surface area contributed by atoms with E-state index in [1.807, 2.05) is 54.7 Å². The van der Waals surface area contributed by atoms with Crippen molar-refractivity contribution < 1.29 is 8.42 Å². The first-order chi connectivity index (χ1) is 16.1. The summed E-state index contributed by atoms with van der Waals surface area (Å²) in [5, 5.41) is 0. The number of hydrogen-bond acceptors (Lipinski definition) is 6. The van der Waals surface area contributed by atoms with Gasteiger partial charge in [-0.1, -0.05) is 42.5 Å². The smallest absolute Gasteiger partial charge is 0.243 e. The fraction of sp³-hybridized carbons (Fsp3) is 0.360. The van der Waals surface area contributed by atoms with E-state index in [9.17, 15) is 8.42 Å². The predicted octanol–water partition coefficient (Wildman–Crippen LogP) is 3.64. The van der Waals surface area contributed by atoms with Gasteiger partial charge in [-0.15, -0.1) is 0 Å². The van der Waals surface area contributed by atoms with Crippen molar-refractivity contribution in [1.29, 1.82) is 0 Å². The summed E-state index contributed by atoms with van der Waals surface area (Å²) in [5.74, 6) is 1.65. The van der Waals surface area contributed by atoms with Gasteiger partial charge in [0.25, 0.3) is 0 Å². The molecule has 0 amide bonds. The molecule has 0 atom stereocenters. The standard InChI is InChI=1S/C25H29N5O2S/c31-33(32,23-11-9-22(10-12-23)21-7-3-1-4-8-21)30-19-17-28(18-20-30)24-13-14-26-25(27-24)29-15-5-2-6-16-29/h1,3-4,7-14H,2,5-6,15-20H2. The Morgan fingerprint density at radius 2 is 1.33 bits per heavy atom. The highest BCUT2D eigenvalue weighted by Gasteiger charge is 2.29. The molecule has 0 radical (unpaired) electrons. The minimum absolute atomic E-state index is 0.338. The topological polar surface area (TPSA) is 69.6 Å². The van der Waals surface area contributed by atoms with E-state index >= 15 is 0 Å². The number of hydrogen-bond donors (Lipinski definition) is 0. The molecule has 2 saturated heterocycles. The molecule has 2 fully saturated rings. The van der Waals surface area contributed by atoms with Crippen LogP contribution in [0.15, 0.2) is 71.8 Å². The lowest BCUT2D eigenvalue weighted by molar-refractivity contribution is 0.383. The lowest BCUT2D eigenvalue weighted by Gasteiger charge is -2.35. The molecule has 7 nitrogen and oxygen atoms in total. The van der Waals surface area contributed by atoms with Gasteiger partial charge in [-0.05, 0) is 48.6 Å². The van der Waals surface area contributed by atoms with Gasteiger partial charge in [0.2, 0.25) is 16.0 Å². The molecule has 5 rings (SSSR count). The maximum absolute atomic E-state index is 13.2. The molecule has 0 aliphatic carbocycles. The zero-order chi connectivity index (χ0) is 22.7. The maximum Gasteiger partial charge on any atom is 0.243 e. The van der Waals surface area contributed by atoms with E-state index in [1.54, 1.807) is 16.4 Å². The van der Waals surface area contributed by atoms with E-state index < -0.39 is 10.0 Å². The molecule has 1 aromatic heterocycles. The summed E-state index contributed by atoms with van der Waals surface area (Å²) in [6.45, 7) is 4.09. The monoisotopic (exact) mass is 463 g/mol. The van der Waals surface area contributed by atoms with Crippen LogP contribution in [0.2, 0.25) is 0 Å². The Bertz CT molecular complexity index is 1170. The highest BCUT2D eigenvalue weighted by atomic mass is 32.2. The Kier molecular flexibility index (Phi) is 6.28. The summed E-state index contributed by atoms with van der Waals surface area (Å²) in [6.07, 6.45) is 5.43. The third-order valence-electron chi connectivity index (χ3n) is 6.43. The Balaban J connectivity index is 1.25. The van der Waals surface area contributed by atoms with Gasteiger partial charge < -0.3 is 9.80 Å². The highest BCUT2D eigenvalue weighted by molar-refractivity contribution is 7.89. The fourth-order valence-electron chi connectivity index (χ4n) is 4.52. The molecule has 0 saturated carbocycles. The molecule has 33 heavy (non-hydrogen) atoms. The molecule has 2 aliphatic heterocycles. The van der Waals surface area contributed by atoms with Crippen molar-refractivity contribution in [3.63, 3.8) is 0 Å². The van der Waals surface area contributed by atoms with Crippen LogP contribution in [0.1, 0.15) is 19.3 Å². The number of benzene rings is 2. The summed E-state index contributed by atoms with van der Waals surface area (Å²) < 4.78 is 28.0. The number of piperidine rings is 1. The lowest BCUT2D eigenvalue weighted by atomic mass is 10.1. The van der Waals surface area contributed by atoms with Crippen molar-refractivity contribution in [3.8, 4) is 11.1 Å². The SMILES string of the molecule is O=S(=O)(c1ccc(-c2ccccc2)cc1)N1CCN(c2ccnc(N3CCCCC3)n2)CC1. The molecule has 2 aliphatic rings. The molecule has 8 heteroatoms. The zero-order valence-electron chi connectivity index (χ0n) is 18.7. The van der Waals surface area contributed by atoms with Crippen LogP contribution in [-0.4, -0.2) is 62.0 Å². The molecule has 2 aromatic carbocycles. The van der Waals surface area contributed by atoms with Crippen molar-refractivity contribution in [2.45, 2.75) is 24.2 Å². The zero-order valence-corrected chi connectivity index (χ0v) is 19.5. The summed E-state index contributed by atoms with van der Waals surface area (Å²) in [7, 11) is -3.53. The molecule has 3 aromatic rings. The van der Waals surface area contributed by atoms with Crippen LogP contribution >= 0.6 is 0 Å². The van der Waals surface area contributed by atoms with E-state index in [0.717, 1.165) is 36.0 Å². The summed E-state index contributed by atoms with van der Waals surface area (Å²) >= 11 is 0. The van der Waals surface area contributed by atoms with E-state index in [0.29, 0.717) is 31.1 Å². The van der Waals surface area contributed by atoms with Gasteiger partial charge in [-0.3, -0.25) is 0 Å². The second kappa shape index (κ2) is 9.49. The first kappa shape index (κ1) is 21.9. The van der Waals surface area contributed by atoms with E-state index in [-0.39, 0.29) is 0 Å². The minimum atomic E-state index is -3.53. The van der Waals surface area contributed by atoms with Gasteiger partial charge >= 0.3 is 0 Å². The molecule has 172 valence electrons. The van der Waals surface area contributed by atoms with Crippen LogP contribution < -0.4 is 9.80 Å². The lowest BCUT2D eigenvalue weighted by Crippen LogP contribution is -2.49. The summed E-state index contributed by atoms with van der Waals surface area (Å²) in [6, 6.07) is 19.1. The largest absolute Gasteiger partial charge is 0.354 e. The Morgan fingerprint density at radius 3 is 2.03 bits per heavy atom. The van der Waals surface area contributed by atoms with Gasteiger partial charge in [0, 0.05) is 45.5 Å². The highest BCUT2D eigenvalue weighted by Crippen LogP contribution is 2.25. The predicted molar refractivity (Wildman–Crippen MR) is 131 cm³/mol. The van der Waals surface area contributed by atoms with Crippen molar-refractivity contribution in [2.75, 3.05) is 49.1 Å². The van der Waals surface area contributed by atoms with Gasteiger partial charge in [0.05, 0.1) is 4.90 Å². The molecule has 0 unspecified atom stereocenters. The van der Waals surface area contributed by atoms with Crippen LogP contribution in [-0.2, 0) is 10.0 Å². The second-order valence-corrected chi connectivity index (χ2v) is 10.5. The van der Waals surface area contributed by atoms with Crippen molar-refractivity contribution >= 4 is 21.8 Å². The Labute approximate surface area is 195 Å². The van der Waals surface area contributed by atoms with E-state index in [4.69, 9.17) is 4.98 Å². The van der Waals surface area contributed by atoms with Crippen molar-refractivity contribution in [3.05, 3.63) is 66.9 Å². The van der Waals surface area contributed by atoms with Gasteiger partial charge in [-0.2, -0.15) is 9.29 Å². The Hall–Kier alpha value is -2.97. The van der Waals surface area contributed by atoms with Crippen molar-refractivity contribution in [1.82, 2.24) is 14.3 Å². The molecular formula is C25H29N5O2S. The summed E-state index contributed by atoms with van der Waals surface area (Å²) in [5.41, 5.74) is 2.08. The number of anilines is 2. The molecule has 3 heterocycles. The quantitative estimate of drug-likeness (QED) is 0.575. The molecular weight excluding hydrogens is 434 g/mol. The van der Waals surface area contributed by atoms with Crippen LogP contribution in [0.3, 0.4) is 0 Å². The second-order valence-electron chi connectivity index (χ2n) is 8.54. The first-order valence-electron chi connectivity index (χ1n) is 11.6. The normalized spacial score (nSPS) is 17.8. The number of aromatic nitrogens is 2. The molecule has 0 bridgehead atoms. The van der Waals surface area contributed by atoms with Crippen LogP contribution in [0.25, 0.3) is 11.1 Å². The number of piperazine rings is 1. The van der Waals surface area contributed by atoms with Gasteiger partial charge in [-0.25, -0.2) is 13.4 Å². The average molecular weight is 464 g/mol. The first-order valence-corrected chi connectivity index (χ1v) is 13.0. The van der Waals surface area contributed by atoms with Gasteiger partial charge in [0.15, 0.2) is 0 Å². The van der Waals surface area contributed by atoms with E-state index in [1.165, 1.54) is 19.3 Å². The fourth-order valence-corrected chi connectivity index (χ4v) is 5.94. The van der Waals surface area contributed by atoms with E-state index in [2.05, 4.69) is 14.8 Å². The van der Waals surface area contributed by atoms with Crippen LogP contribution in [0.4, 0.5) is 11.8 Å². The molecule has 0 N–H and O–H groups in total. The van der Waals surface area contributed by atoms with Crippen molar-refractivity contribution in [2.24, 2.45) is 0 Å². The number of sulfonamides is 1. The average Bonchev–Trinajstić information content (AvgIpc) is 2.90.